The summed E-state index contributed by atoms with van der Waals surface area (Å²) in [5.74, 6) is 0.934. The van der Waals surface area contributed by atoms with Crippen LogP contribution >= 0.6 is 0 Å². The molecular weight excluding hydrogens is 248 g/mol. The largest absolute Gasteiger partial charge is 0.459 e. The van der Waals surface area contributed by atoms with Crippen molar-refractivity contribution < 1.29 is 4.42 Å². The Bertz CT molecular complexity index is 685. The van der Waals surface area contributed by atoms with Crippen molar-refractivity contribution >= 4 is 11.0 Å². The van der Waals surface area contributed by atoms with E-state index in [4.69, 9.17) is 4.42 Å². The molecule has 2 heterocycles. The van der Waals surface area contributed by atoms with Crippen LogP contribution in [0.2, 0.25) is 0 Å². The molecule has 3 heteroatoms. The molecule has 1 aromatic carbocycles. The second kappa shape index (κ2) is 5.47. The maximum Gasteiger partial charge on any atom is 0.134 e. The minimum atomic E-state index is 0.0427. The maximum atomic E-state index is 6.00. The molecule has 3 aromatic rings. The summed E-state index contributed by atoms with van der Waals surface area (Å²) < 4.78 is 6.00. The molecule has 102 valence electrons. The first kappa shape index (κ1) is 12.9. The number of furan rings is 1. The Morgan fingerprint density at radius 1 is 1.25 bits per heavy atom. The summed E-state index contributed by atoms with van der Waals surface area (Å²) >= 11 is 0. The van der Waals surface area contributed by atoms with E-state index in [1.54, 1.807) is 0 Å². The fourth-order valence-corrected chi connectivity index (χ4v) is 2.49. The average Bonchev–Trinajstić information content (AvgIpc) is 2.89. The van der Waals surface area contributed by atoms with Crippen LogP contribution in [0.4, 0.5) is 0 Å². The number of para-hydroxylation sites is 1. The number of benzene rings is 1. The number of fused-ring (bicyclic) bond motifs is 1. The van der Waals surface area contributed by atoms with Crippen LogP contribution in [0.1, 0.15) is 29.9 Å². The van der Waals surface area contributed by atoms with Crippen molar-refractivity contribution in [3.05, 3.63) is 65.7 Å². The lowest BCUT2D eigenvalue weighted by Crippen LogP contribution is -2.22. The lowest BCUT2D eigenvalue weighted by atomic mass is 10.0. The number of aromatic nitrogens is 1. The molecule has 20 heavy (non-hydrogen) atoms. The van der Waals surface area contributed by atoms with Gasteiger partial charge in [-0.15, -0.1) is 0 Å². The van der Waals surface area contributed by atoms with Gasteiger partial charge in [-0.2, -0.15) is 0 Å². The highest BCUT2D eigenvalue weighted by Crippen LogP contribution is 2.29. The molecule has 0 saturated carbocycles. The monoisotopic (exact) mass is 266 g/mol. The lowest BCUT2D eigenvalue weighted by molar-refractivity contribution is 0.475. The van der Waals surface area contributed by atoms with Gasteiger partial charge in [0.25, 0.3) is 0 Å². The third kappa shape index (κ3) is 2.32. The van der Waals surface area contributed by atoms with Gasteiger partial charge in [-0.3, -0.25) is 4.98 Å². The summed E-state index contributed by atoms with van der Waals surface area (Å²) in [5.41, 5.74) is 3.30. The molecule has 0 amide bonds. The SMILES string of the molecule is CCNC(c1cc2ccccc2o1)c1cnccc1C. The molecule has 0 aliphatic heterocycles. The lowest BCUT2D eigenvalue weighted by Gasteiger charge is -2.17. The van der Waals surface area contributed by atoms with E-state index in [0.29, 0.717) is 0 Å². The van der Waals surface area contributed by atoms with Crippen LogP contribution < -0.4 is 5.32 Å². The average molecular weight is 266 g/mol. The van der Waals surface area contributed by atoms with Gasteiger partial charge in [-0.1, -0.05) is 25.1 Å². The number of rotatable bonds is 4. The van der Waals surface area contributed by atoms with E-state index in [-0.39, 0.29) is 6.04 Å². The molecule has 3 rings (SSSR count). The summed E-state index contributed by atoms with van der Waals surface area (Å²) in [6.45, 7) is 5.07. The summed E-state index contributed by atoms with van der Waals surface area (Å²) in [4.78, 5) is 4.25. The van der Waals surface area contributed by atoms with Crippen LogP contribution in [0.15, 0.2) is 53.2 Å². The van der Waals surface area contributed by atoms with Gasteiger partial charge in [-0.25, -0.2) is 0 Å². The predicted molar refractivity (Wildman–Crippen MR) is 80.7 cm³/mol. The molecule has 1 N–H and O–H groups in total. The highest BCUT2D eigenvalue weighted by atomic mass is 16.3. The van der Waals surface area contributed by atoms with Crippen molar-refractivity contribution in [1.82, 2.24) is 10.3 Å². The Balaban J connectivity index is 2.08. The van der Waals surface area contributed by atoms with Crippen LogP contribution in [0.3, 0.4) is 0 Å². The van der Waals surface area contributed by atoms with Crippen LogP contribution in [0, 0.1) is 6.92 Å². The van der Waals surface area contributed by atoms with Crippen LogP contribution in [0.25, 0.3) is 11.0 Å². The number of hydrogen-bond acceptors (Lipinski definition) is 3. The molecule has 1 atom stereocenters. The Kier molecular flexibility index (Phi) is 3.52. The minimum Gasteiger partial charge on any atom is -0.459 e. The predicted octanol–water partition coefficient (Wildman–Crippen LogP) is 3.84. The van der Waals surface area contributed by atoms with Crippen LogP contribution in [-0.4, -0.2) is 11.5 Å². The van der Waals surface area contributed by atoms with E-state index in [1.165, 1.54) is 5.56 Å². The number of nitrogens with one attached hydrogen (secondary N) is 1. The van der Waals surface area contributed by atoms with Crippen molar-refractivity contribution in [3.63, 3.8) is 0 Å². The summed E-state index contributed by atoms with van der Waals surface area (Å²) in [6, 6.07) is 12.3. The zero-order valence-electron chi connectivity index (χ0n) is 11.8. The Morgan fingerprint density at radius 3 is 2.85 bits per heavy atom. The van der Waals surface area contributed by atoms with Crippen LogP contribution in [0.5, 0.6) is 0 Å². The minimum absolute atomic E-state index is 0.0427. The van der Waals surface area contributed by atoms with E-state index in [0.717, 1.165) is 28.8 Å². The van der Waals surface area contributed by atoms with Gasteiger partial charge in [0.05, 0.1) is 6.04 Å². The summed E-state index contributed by atoms with van der Waals surface area (Å²) in [5, 5.41) is 4.61. The van der Waals surface area contributed by atoms with Gasteiger partial charge < -0.3 is 9.73 Å². The molecule has 2 aromatic heterocycles. The first-order chi connectivity index (χ1) is 9.79. The summed E-state index contributed by atoms with van der Waals surface area (Å²) in [6.07, 6.45) is 3.73. The second-order valence-corrected chi connectivity index (χ2v) is 4.91. The number of hydrogen-bond donors (Lipinski definition) is 1. The molecule has 1 unspecified atom stereocenters. The molecule has 3 nitrogen and oxygen atoms in total. The van der Waals surface area contributed by atoms with Gasteiger partial charge in [0.1, 0.15) is 11.3 Å². The zero-order valence-corrected chi connectivity index (χ0v) is 11.8. The van der Waals surface area contributed by atoms with Crippen molar-refractivity contribution in [2.24, 2.45) is 0 Å². The quantitative estimate of drug-likeness (QED) is 0.779. The molecule has 0 saturated heterocycles. The fraction of sp³-hybridized carbons (Fsp3) is 0.235. The van der Waals surface area contributed by atoms with Gasteiger partial charge in [0.2, 0.25) is 0 Å². The van der Waals surface area contributed by atoms with Gasteiger partial charge in [0.15, 0.2) is 0 Å². The van der Waals surface area contributed by atoms with Crippen molar-refractivity contribution in [2.45, 2.75) is 19.9 Å². The molecular formula is C17H18N2O. The fourth-order valence-electron chi connectivity index (χ4n) is 2.49. The third-order valence-corrected chi connectivity index (χ3v) is 3.53. The van der Waals surface area contributed by atoms with E-state index in [9.17, 15) is 0 Å². The maximum absolute atomic E-state index is 6.00. The Labute approximate surface area is 118 Å². The molecule has 0 aliphatic carbocycles. The molecule has 0 bridgehead atoms. The van der Waals surface area contributed by atoms with Crippen molar-refractivity contribution in [3.8, 4) is 0 Å². The molecule has 0 spiro atoms. The molecule has 0 aliphatic rings. The van der Waals surface area contributed by atoms with E-state index < -0.39 is 0 Å². The molecule has 0 fully saturated rings. The Morgan fingerprint density at radius 2 is 2.10 bits per heavy atom. The van der Waals surface area contributed by atoms with Crippen LogP contribution in [-0.2, 0) is 0 Å². The van der Waals surface area contributed by atoms with Crippen molar-refractivity contribution in [2.75, 3.05) is 6.54 Å². The first-order valence-electron chi connectivity index (χ1n) is 6.92. The molecule has 0 radical (unpaired) electrons. The standard InChI is InChI=1S/C17H18N2O/c1-3-19-17(14-11-18-9-8-12(14)2)16-10-13-6-4-5-7-15(13)20-16/h4-11,17,19H,3H2,1-2H3. The van der Waals surface area contributed by atoms with E-state index in [2.05, 4.69) is 36.3 Å². The normalized spacial score (nSPS) is 12.7. The van der Waals surface area contributed by atoms with Gasteiger partial charge in [0, 0.05) is 17.8 Å². The number of nitrogens with zero attached hydrogens (tertiary/aromatic N) is 1. The first-order valence-corrected chi connectivity index (χ1v) is 6.92. The number of pyridine rings is 1. The van der Waals surface area contributed by atoms with Gasteiger partial charge >= 0.3 is 0 Å². The highest BCUT2D eigenvalue weighted by molar-refractivity contribution is 5.78. The van der Waals surface area contributed by atoms with E-state index in [1.807, 2.05) is 36.7 Å². The third-order valence-electron chi connectivity index (χ3n) is 3.53. The Hall–Kier alpha value is -2.13. The topological polar surface area (TPSA) is 38.1 Å². The number of aryl methyl sites for hydroxylation is 1. The summed E-state index contributed by atoms with van der Waals surface area (Å²) in [7, 11) is 0. The highest BCUT2D eigenvalue weighted by Gasteiger charge is 2.19. The second-order valence-electron chi connectivity index (χ2n) is 4.91. The van der Waals surface area contributed by atoms with E-state index >= 15 is 0 Å². The van der Waals surface area contributed by atoms with Gasteiger partial charge in [-0.05, 0) is 42.8 Å². The van der Waals surface area contributed by atoms with Crippen molar-refractivity contribution in [1.29, 1.82) is 0 Å². The zero-order chi connectivity index (χ0) is 13.9. The smallest absolute Gasteiger partial charge is 0.134 e.